The van der Waals surface area contributed by atoms with Gasteiger partial charge in [0.25, 0.3) is 11.8 Å². The van der Waals surface area contributed by atoms with Crippen LogP contribution in [-0.4, -0.2) is 55.7 Å². The Bertz CT molecular complexity index is 1390. The molecule has 44 heavy (non-hydrogen) atoms. The van der Waals surface area contributed by atoms with Gasteiger partial charge in [0.1, 0.15) is 17.3 Å². The van der Waals surface area contributed by atoms with Crippen molar-refractivity contribution in [2.24, 2.45) is 29.4 Å². The molecule has 0 aliphatic heterocycles. The van der Waals surface area contributed by atoms with Crippen molar-refractivity contribution in [1.82, 2.24) is 25.9 Å². The first-order valence-electron chi connectivity index (χ1n) is 16.2. The highest BCUT2D eigenvalue weighted by Gasteiger charge is 2.59. The zero-order valence-electron chi connectivity index (χ0n) is 25.2. The van der Waals surface area contributed by atoms with Crippen molar-refractivity contribution in [1.29, 1.82) is 0 Å². The maximum absolute atomic E-state index is 12.6. The Morgan fingerprint density at radius 2 is 1.11 bits per heavy atom. The van der Waals surface area contributed by atoms with E-state index in [1.807, 2.05) is 18.2 Å². The molecule has 2 aromatic heterocycles. The second kappa shape index (κ2) is 11.1. The number of rotatable bonds is 6. The van der Waals surface area contributed by atoms with Gasteiger partial charge in [0.05, 0.1) is 0 Å². The molecule has 5 N–H and O–H groups in total. The number of nitrogens with zero attached hydrogens (tertiary/aromatic N) is 2. The molecule has 0 spiro atoms. The van der Waals surface area contributed by atoms with Gasteiger partial charge in [-0.25, -0.2) is 0 Å². The van der Waals surface area contributed by atoms with Crippen LogP contribution in [0.1, 0.15) is 98.0 Å². The summed E-state index contributed by atoms with van der Waals surface area (Å²) >= 11 is 5.70. The Balaban J connectivity index is 0.000000144. The molecular weight excluding hydrogens is 576 g/mol. The monoisotopic (exact) mass is 618 g/mol. The van der Waals surface area contributed by atoms with Crippen LogP contribution < -0.4 is 21.7 Å². The van der Waals surface area contributed by atoms with Crippen molar-refractivity contribution in [3.8, 4) is 0 Å². The van der Waals surface area contributed by atoms with Gasteiger partial charge in [-0.3, -0.25) is 24.4 Å². The molecule has 8 aliphatic carbocycles. The number of halogens is 1. The van der Waals surface area contributed by atoms with Crippen molar-refractivity contribution in [2.45, 2.75) is 99.2 Å². The van der Waals surface area contributed by atoms with Gasteiger partial charge in [0, 0.05) is 34.5 Å². The summed E-state index contributed by atoms with van der Waals surface area (Å²) in [4.78, 5) is 45.3. The average Bonchev–Trinajstić information content (AvgIpc) is 2.95. The Kier molecular flexibility index (Phi) is 7.47. The Labute approximate surface area is 263 Å². The predicted molar refractivity (Wildman–Crippen MR) is 167 cm³/mol. The van der Waals surface area contributed by atoms with Crippen LogP contribution >= 0.6 is 11.6 Å². The van der Waals surface area contributed by atoms with Gasteiger partial charge in [-0.1, -0.05) is 12.1 Å². The van der Waals surface area contributed by atoms with Crippen molar-refractivity contribution < 1.29 is 14.4 Å². The third-order valence-corrected chi connectivity index (χ3v) is 11.5. The minimum absolute atomic E-state index is 0.00955. The van der Waals surface area contributed by atoms with Crippen molar-refractivity contribution in [3.63, 3.8) is 0 Å². The molecule has 8 fully saturated rings. The van der Waals surface area contributed by atoms with Crippen molar-refractivity contribution in [3.05, 3.63) is 60.2 Å². The number of carbonyl (C=O) groups is 3. The lowest BCUT2D eigenvalue weighted by atomic mass is 9.50. The molecule has 9 nitrogen and oxygen atoms in total. The fourth-order valence-electron chi connectivity index (χ4n) is 11.0. The van der Waals surface area contributed by atoms with E-state index in [1.165, 1.54) is 12.8 Å². The SMILES string of the molecule is NC12CC3CC(C1)CC(NC(=O)c1ccccn1)(C3)C2.O=C(CCl)NC12CC3CC(C1)CC(NC(=O)c1ccccn1)(C3)C2. The van der Waals surface area contributed by atoms with Crippen LogP contribution in [0, 0.1) is 23.7 Å². The fourth-order valence-corrected chi connectivity index (χ4v) is 11.0. The molecule has 2 heterocycles. The van der Waals surface area contributed by atoms with E-state index >= 15 is 0 Å². The summed E-state index contributed by atoms with van der Waals surface area (Å²) in [5.41, 5.74) is 6.97. The van der Waals surface area contributed by atoms with E-state index < -0.39 is 0 Å². The maximum atomic E-state index is 12.6. The van der Waals surface area contributed by atoms with Gasteiger partial charge < -0.3 is 21.7 Å². The summed E-state index contributed by atoms with van der Waals surface area (Å²) in [6.07, 6.45) is 16.1. The lowest BCUT2D eigenvalue weighted by molar-refractivity contribution is -0.125. The fraction of sp³-hybridized carbons (Fsp3) is 0.618. The number of nitrogens with two attached hydrogens (primary N) is 1. The van der Waals surface area contributed by atoms with E-state index in [0.717, 1.165) is 64.2 Å². The molecule has 8 saturated carbocycles. The van der Waals surface area contributed by atoms with E-state index in [1.54, 1.807) is 30.6 Å². The molecule has 0 radical (unpaired) electrons. The maximum Gasteiger partial charge on any atom is 0.270 e. The summed E-state index contributed by atoms with van der Waals surface area (Å²) in [7, 11) is 0. The van der Waals surface area contributed by atoms with Crippen LogP contribution in [0.5, 0.6) is 0 Å². The Morgan fingerprint density at radius 3 is 1.52 bits per heavy atom. The molecule has 0 saturated heterocycles. The number of amides is 3. The summed E-state index contributed by atoms with van der Waals surface area (Å²) in [6.45, 7) is 0. The Hall–Kier alpha value is -3.04. The summed E-state index contributed by atoms with van der Waals surface area (Å²) < 4.78 is 0. The molecule has 3 amide bonds. The number of aromatic nitrogens is 2. The van der Waals surface area contributed by atoms with E-state index in [9.17, 15) is 14.4 Å². The number of hydrogen-bond donors (Lipinski definition) is 4. The molecule has 10 heteroatoms. The molecule has 0 aromatic carbocycles. The molecule has 10 rings (SSSR count). The number of pyridine rings is 2. The summed E-state index contributed by atoms with van der Waals surface area (Å²) in [5, 5.41) is 9.73. The van der Waals surface area contributed by atoms with Crippen LogP contribution in [0.4, 0.5) is 0 Å². The zero-order valence-corrected chi connectivity index (χ0v) is 26.0. The summed E-state index contributed by atoms with van der Waals surface area (Å²) in [6, 6.07) is 10.8. The van der Waals surface area contributed by atoms with Crippen LogP contribution in [0.15, 0.2) is 48.8 Å². The summed E-state index contributed by atoms with van der Waals surface area (Å²) in [5.74, 6) is 2.24. The van der Waals surface area contributed by atoms with Crippen molar-refractivity contribution in [2.75, 3.05) is 5.88 Å². The van der Waals surface area contributed by atoms with Crippen LogP contribution in [0.3, 0.4) is 0 Å². The molecular formula is C34H43ClN6O3. The van der Waals surface area contributed by atoms with E-state index in [0.29, 0.717) is 35.1 Å². The predicted octanol–water partition coefficient (Wildman–Crippen LogP) is 4.12. The minimum atomic E-state index is -0.224. The third-order valence-electron chi connectivity index (χ3n) is 11.2. The van der Waals surface area contributed by atoms with Gasteiger partial charge in [-0.2, -0.15) is 0 Å². The van der Waals surface area contributed by atoms with E-state index in [2.05, 4.69) is 25.9 Å². The first kappa shape index (κ1) is 29.7. The molecule has 234 valence electrons. The first-order chi connectivity index (χ1) is 21.1. The van der Waals surface area contributed by atoms with Crippen LogP contribution in [0.25, 0.3) is 0 Å². The quantitative estimate of drug-likeness (QED) is 0.359. The zero-order chi connectivity index (χ0) is 30.6. The topological polar surface area (TPSA) is 139 Å². The molecule has 8 aliphatic rings. The lowest BCUT2D eigenvalue weighted by Crippen LogP contribution is -2.70. The van der Waals surface area contributed by atoms with Gasteiger partial charge >= 0.3 is 0 Å². The molecule has 4 atom stereocenters. The van der Waals surface area contributed by atoms with E-state index in [4.69, 9.17) is 17.3 Å². The third kappa shape index (κ3) is 5.85. The van der Waals surface area contributed by atoms with Gasteiger partial charge in [0.15, 0.2) is 0 Å². The van der Waals surface area contributed by atoms with Gasteiger partial charge in [-0.15, -0.1) is 11.6 Å². The highest BCUT2D eigenvalue weighted by atomic mass is 35.5. The second-order valence-electron chi connectivity index (χ2n) is 15.1. The molecule has 4 unspecified atom stereocenters. The molecule has 2 aromatic rings. The van der Waals surface area contributed by atoms with Crippen LogP contribution in [-0.2, 0) is 4.79 Å². The number of nitrogens with one attached hydrogen (secondary N) is 3. The number of hydrogen-bond acceptors (Lipinski definition) is 6. The van der Waals surface area contributed by atoms with Crippen molar-refractivity contribution >= 4 is 29.3 Å². The molecule has 8 bridgehead atoms. The van der Waals surface area contributed by atoms with E-state index in [-0.39, 0.29) is 45.8 Å². The largest absolute Gasteiger partial charge is 0.350 e. The van der Waals surface area contributed by atoms with Crippen LogP contribution in [0.2, 0.25) is 0 Å². The standard InChI is InChI=1S/C18H22ClN3O2.C16H21N3O/c19-10-15(23)21-17-6-12-5-13(7-17)9-18(8-12,11-17)22-16(24)14-3-1-2-4-20-14;17-15-6-11-5-12(7-15)9-16(8-11,10-15)19-14(20)13-3-1-2-4-18-13/h1-4,12-13H,5-11H2,(H,21,23)(H,22,24);1-4,11-12H,5-10,17H2,(H,19,20). The second-order valence-corrected chi connectivity index (χ2v) is 15.4. The Morgan fingerprint density at radius 1 is 0.682 bits per heavy atom. The smallest absolute Gasteiger partial charge is 0.270 e. The lowest BCUT2D eigenvalue weighted by Gasteiger charge is -2.62. The minimum Gasteiger partial charge on any atom is -0.350 e. The average molecular weight is 619 g/mol. The highest BCUT2D eigenvalue weighted by Crippen LogP contribution is 2.58. The highest BCUT2D eigenvalue weighted by molar-refractivity contribution is 6.27. The number of carbonyl (C=O) groups excluding carboxylic acids is 3. The number of alkyl halides is 1. The normalized spacial score (nSPS) is 38.8. The first-order valence-corrected chi connectivity index (χ1v) is 16.7. The van der Waals surface area contributed by atoms with Gasteiger partial charge in [-0.05, 0) is 125 Å². The van der Waals surface area contributed by atoms with Gasteiger partial charge in [0.2, 0.25) is 5.91 Å².